The first-order valence-electron chi connectivity index (χ1n) is 10.3. The number of nitrogens with zero attached hydrogens (tertiary/aromatic N) is 2. The third kappa shape index (κ3) is 6.54. The van der Waals surface area contributed by atoms with Gasteiger partial charge in [-0.05, 0) is 37.8 Å². The topological polar surface area (TPSA) is 74.3 Å². The number of aliphatic imine (C=N–C) groups is 1. The summed E-state index contributed by atoms with van der Waals surface area (Å²) in [6.07, 6.45) is 9.94. The predicted octanol–water partition coefficient (Wildman–Crippen LogP) is 3.40. The molecule has 6 heteroatoms. The van der Waals surface area contributed by atoms with Gasteiger partial charge in [0, 0.05) is 33.2 Å². The summed E-state index contributed by atoms with van der Waals surface area (Å²) >= 11 is 0. The van der Waals surface area contributed by atoms with Crippen LogP contribution in [0.1, 0.15) is 50.8 Å². The minimum absolute atomic E-state index is 0.495. The average molecular weight is 372 g/mol. The highest BCUT2D eigenvalue weighted by Gasteiger charge is 2.12. The molecule has 1 fully saturated rings. The largest absolute Gasteiger partial charge is 0.378 e. The summed E-state index contributed by atoms with van der Waals surface area (Å²) < 4.78 is 5.96. The molecule has 1 saturated carbocycles. The number of imidazole rings is 1. The van der Waals surface area contributed by atoms with Gasteiger partial charge in [-0.1, -0.05) is 31.4 Å². The van der Waals surface area contributed by atoms with Gasteiger partial charge in [-0.25, -0.2) is 4.98 Å². The normalized spacial score (nSPS) is 16.0. The summed E-state index contributed by atoms with van der Waals surface area (Å²) in [6, 6.07) is 8.15. The second kappa shape index (κ2) is 10.9. The van der Waals surface area contributed by atoms with Crippen molar-refractivity contribution >= 4 is 17.0 Å². The van der Waals surface area contributed by atoms with E-state index in [0.29, 0.717) is 6.10 Å². The van der Waals surface area contributed by atoms with Crippen molar-refractivity contribution in [3.05, 3.63) is 30.1 Å². The summed E-state index contributed by atoms with van der Waals surface area (Å²) in [6.45, 7) is 2.59. The molecule has 0 spiro atoms. The fourth-order valence-corrected chi connectivity index (χ4v) is 3.57. The van der Waals surface area contributed by atoms with E-state index in [-0.39, 0.29) is 0 Å². The molecule has 6 nitrogen and oxygen atoms in total. The van der Waals surface area contributed by atoms with Crippen molar-refractivity contribution < 1.29 is 4.74 Å². The number of ether oxygens (including phenoxy) is 1. The molecule has 0 radical (unpaired) electrons. The van der Waals surface area contributed by atoms with E-state index < -0.39 is 0 Å². The number of nitrogens with one attached hydrogen (secondary N) is 3. The second-order valence-corrected chi connectivity index (χ2v) is 7.21. The maximum Gasteiger partial charge on any atom is 0.190 e. The Morgan fingerprint density at radius 2 is 1.93 bits per heavy atom. The molecule has 0 atom stereocenters. The number of hydrogen-bond acceptors (Lipinski definition) is 3. The van der Waals surface area contributed by atoms with Crippen LogP contribution in [0.25, 0.3) is 11.0 Å². The number of hydrogen-bond donors (Lipinski definition) is 3. The molecule has 3 N–H and O–H groups in total. The summed E-state index contributed by atoms with van der Waals surface area (Å²) in [5.41, 5.74) is 2.14. The lowest BCUT2D eigenvalue weighted by Crippen LogP contribution is -2.38. The quantitative estimate of drug-likeness (QED) is 0.359. The summed E-state index contributed by atoms with van der Waals surface area (Å²) in [4.78, 5) is 12.3. The van der Waals surface area contributed by atoms with Gasteiger partial charge in [0.2, 0.25) is 0 Å². The Labute approximate surface area is 162 Å². The lowest BCUT2D eigenvalue weighted by molar-refractivity contribution is 0.0277. The maximum atomic E-state index is 5.96. The molecular weight excluding hydrogens is 338 g/mol. The van der Waals surface area contributed by atoms with Gasteiger partial charge in [0.05, 0.1) is 17.1 Å². The van der Waals surface area contributed by atoms with Gasteiger partial charge < -0.3 is 20.4 Å². The molecule has 0 bridgehead atoms. The van der Waals surface area contributed by atoms with E-state index in [0.717, 1.165) is 61.8 Å². The van der Waals surface area contributed by atoms with Crippen molar-refractivity contribution in [2.45, 2.75) is 57.5 Å². The highest BCUT2D eigenvalue weighted by atomic mass is 16.5. The molecule has 1 aliphatic carbocycles. The Bertz CT molecular complexity index is 672. The van der Waals surface area contributed by atoms with E-state index in [2.05, 4.69) is 31.7 Å². The smallest absolute Gasteiger partial charge is 0.190 e. The third-order valence-electron chi connectivity index (χ3n) is 5.06. The summed E-state index contributed by atoms with van der Waals surface area (Å²) in [5.74, 6) is 1.90. The minimum atomic E-state index is 0.495. The first kappa shape index (κ1) is 19.7. The van der Waals surface area contributed by atoms with Crippen LogP contribution in [0, 0.1) is 0 Å². The minimum Gasteiger partial charge on any atom is -0.378 e. The van der Waals surface area contributed by atoms with Crippen LogP contribution in [-0.2, 0) is 11.2 Å². The molecule has 0 saturated heterocycles. The third-order valence-corrected chi connectivity index (χ3v) is 5.06. The number of benzene rings is 1. The Morgan fingerprint density at radius 3 is 2.70 bits per heavy atom. The van der Waals surface area contributed by atoms with Crippen LogP contribution in [0.4, 0.5) is 0 Å². The van der Waals surface area contributed by atoms with Gasteiger partial charge in [-0.2, -0.15) is 0 Å². The zero-order chi connectivity index (χ0) is 18.7. The molecular formula is C21H33N5O. The van der Waals surface area contributed by atoms with Crippen molar-refractivity contribution in [3.63, 3.8) is 0 Å². The van der Waals surface area contributed by atoms with Crippen LogP contribution < -0.4 is 10.6 Å². The molecule has 1 aromatic heterocycles. The number of aromatic amines is 1. The van der Waals surface area contributed by atoms with Crippen molar-refractivity contribution in [1.29, 1.82) is 0 Å². The van der Waals surface area contributed by atoms with Crippen molar-refractivity contribution in [2.75, 3.05) is 26.7 Å². The number of aromatic nitrogens is 2. The highest BCUT2D eigenvalue weighted by molar-refractivity contribution is 5.79. The van der Waals surface area contributed by atoms with Crippen molar-refractivity contribution in [1.82, 2.24) is 20.6 Å². The van der Waals surface area contributed by atoms with E-state index in [1.165, 1.54) is 32.1 Å². The maximum absolute atomic E-state index is 5.96. The average Bonchev–Trinajstić information content (AvgIpc) is 3.13. The molecule has 1 heterocycles. The van der Waals surface area contributed by atoms with Crippen LogP contribution in [0.3, 0.4) is 0 Å². The van der Waals surface area contributed by atoms with E-state index in [1.54, 1.807) is 0 Å². The van der Waals surface area contributed by atoms with Gasteiger partial charge in [0.15, 0.2) is 5.96 Å². The Balaban J connectivity index is 1.25. The van der Waals surface area contributed by atoms with Crippen LogP contribution in [-0.4, -0.2) is 48.8 Å². The molecule has 1 aromatic carbocycles. The fourth-order valence-electron chi connectivity index (χ4n) is 3.57. The lowest BCUT2D eigenvalue weighted by atomic mass is 9.98. The lowest BCUT2D eigenvalue weighted by Gasteiger charge is -2.22. The van der Waals surface area contributed by atoms with Crippen LogP contribution in [0.5, 0.6) is 0 Å². The Kier molecular flexibility index (Phi) is 7.96. The van der Waals surface area contributed by atoms with E-state index in [9.17, 15) is 0 Å². The summed E-state index contributed by atoms with van der Waals surface area (Å²) in [5, 5.41) is 6.73. The number of rotatable bonds is 9. The van der Waals surface area contributed by atoms with Gasteiger partial charge in [0.25, 0.3) is 0 Å². The molecule has 0 unspecified atom stereocenters. The second-order valence-electron chi connectivity index (χ2n) is 7.21. The van der Waals surface area contributed by atoms with Crippen molar-refractivity contribution in [3.8, 4) is 0 Å². The number of guanidine groups is 1. The molecule has 27 heavy (non-hydrogen) atoms. The van der Waals surface area contributed by atoms with E-state index in [4.69, 9.17) is 4.74 Å². The fraction of sp³-hybridized carbons (Fsp3) is 0.619. The van der Waals surface area contributed by atoms with Gasteiger partial charge in [0.1, 0.15) is 5.82 Å². The first-order valence-corrected chi connectivity index (χ1v) is 10.3. The zero-order valence-corrected chi connectivity index (χ0v) is 16.5. The number of H-pyrrole nitrogens is 1. The van der Waals surface area contributed by atoms with E-state index >= 15 is 0 Å². The number of fused-ring (bicyclic) bond motifs is 1. The monoisotopic (exact) mass is 371 g/mol. The van der Waals surface area contributed by atoms with Gasteiger partial charge in [-0.15, -0.1) is 0 Å². The van der Waals surface area contributed by atoms with Crippen LogP contribution in [0.15, 0.2) is 29.3 Å². The standard InChI is InChI=1S/C21H33N5O/c1-22-21(24-15-8-16-27-17-9-3-2-4-10-17)23-14-7-13-20-25-18-11-5-6-12-19(18)26-20/h5-6,11-12,17H,2-4,7-10,13-16H2,1H3,(H,25,26)(H2,22,23,24). The van der Waals surface area contributed by atoms with Crippen LogP contribution >= 0.6 is 0 Å². The number of para-hydroxylation sites is 2. The van der Waals surface area contributed by atoms with Crippen LogP contribution in [0.2, 0.25) is 0 Å². The van der Waals surface area contributed by atoms with Gasteiger partial charge in [-0.3, -0.25) is 4.99 Å². The first-order chi connectivity index (χ1) is 13.3. The Hall–Kier alpha value is -2.08. The van der Waals surface area contributed by atoms with E-state index in [1.807, 2.05) is 25.2 Å². The highest BCUT2D eigenvalue weighted by Crippen LogP contribution is 2.20. The number of aryl methyl sites for hydroxylation is 1. The molecule has 2 aromatic rings. The SMILES string of the molecule is CN=C(NCCCOC1CCCCC1)NCCCc1nc2ccccc2[nH]1. The summed E-state index contributed by atoms with van der Waals surface area (Å²) in [7, 11) is 1.81. The molecule has 0 aliphatic heterocycles. The molecule has 1 aliphatic rings. The molecule has 148 valence electrons. The Morgan fingerprint density at radius 1 is 1.15 bits per heavy atom. The molecule has 3 rings (SSSR count). The van der Waals surface area contributed by atoms with Gasteiger partial charge >= 0.3 is 0 Å². The predicted molar refractivity (Wildman–Crippen MR) is 111 cm³/mol. The molecule has 0 amide bonds. The zero-order valence-electron chi connectivity index (χ0n) is 16.5. The van der Waals surface area contributed by atoms with Crippen molar-refractivity contribution in [2.24, 2.45) is 4.99 Å².